The normalized spacial score (nSPS) is 13.6. The molecule has 0 saturated heterocycles. The average molecular weight is 272 g/mol. The highest BCUT2D eigenvalue weighted by Crippen LogP contribution is 2.23. The molecule has 0 heterocycles. The van der Waals surface area contributed by atoms with Crippen molar-refractivity contribution in [3.05, 3.63) is 54.6 Å². The number of benzene rings is 2. The number of aliphatic hydroxyl groups is 2. The third kappa shape index (κ3) is 3.50. The second-order valence-corrected chi connectivity index (χ2v) is 4.71. The first-order valence-corrected chi connectivity index (χ1v) is 6.64. The van der Waals surface area contributed by atoms with E-state index in [1.165, 1.54) is 4.90 Å². The van der Waals surface area contributed by atoms with Crippen LogP contribution in [0.15, 0.2) is 54.6 Å². The van der Waals surface area contributed by atoms with Gasteiger partial charge >= 0.3 is 0 Å². The second-order valence-electron chi connectivity index (χ2n) is 4.71. The summed E-state index contributed by atoms with van der Waals surface area (Å²) in [6.45, 7) is 3.26. The van der Waals surface area contributed by atoms with E-state index in [2.05, 4.69) is 5.32 Å². The maximum absolute atomic E-state index is 9.69. The van der Waals surface area contributed by atoms with Crippen LogP contribution >= 0.6 is 0 Å². The van der Waals surface area contributed by atoms with Gasteiger partial charge in [0.2, 0.25) is 0 Å². The Balaban J connectivity index is 2.13. The molecule has 2 unspecified atom stereocenters. The van der Waals surface area contributed by atoms with Crippen LogP contribution in [-0.4, -0.2) is 22.7 Å². The molecule has 4 nitrogen and oxygen atoms in total. The molecular formula is C16H20N2O2. The van der Waals surface area contributed by atoms with Crippen LogP contribution in [0.5, 0.6) is 0 Å². The molecule has 4 heteroatoms. The molecule has 2 rings (SSSR count). The average Bonchev–Trinajstić information content (AvgIpc) is 2.41. The predicted octanol–water partition coefficient (Wildman–Crippen LogP) is 2.91. The number of rotatable bonds is 5. The van der Waals surface area contributed by atoms with Gasteiger partial charge in [-0.05, 0) is 50.2 Å². The lowest BCUT2D eigenvalue weighted by Crippen LogP contribution is -2.40. The lowest BCUT2D eigenvalue weighted by Gasteiger charge is -2.30. The molecular weight excluding hydrogens is 252 g/mol. The Labute approximate surface area is 119 Å². The fraction of sp³-hybridized carbons (Fsp3) is 0.250. The van der Waals surface area contributed by atoms with Gasteiger partial charge in [0.05, 0.1) is 0 Å². The van der Waals surface area contributed by atoms with Crippen LogP contribution in [0.3, 0.4) is 0 Å². The molecule has 2 atom stereocenters. The fourth-order valence-corrected chi connectivity index (χ4v) is 2.15. The van der Waals surface area contributed by atoms with Crippen LogP contribution in [0.1, 0.15) is 13.8 Å². The highest BCUT2D eigenvalue weighted by Gasteiger charge is 2.16. The Morgan fingerprint density at radius 3 is 1.80 bits per heavy atom. The first-order valence-electron chi connectivity index (χ1n) is 6.64. The molecule has 0 aliphatic rings. The Kier molecular flexibility index (Phi) is 4.61. The number of nitrogens with zero attached hydrogens (tertiary/aromatic N) is 1. The van der Waals surface area contributed by atoms with E-state index in [-0.39, 0.29) is 0 Å². The zero-order chi connectivity index (χ0) is 14.5. The zero-order valence-electron chi connectivity index (χ0n) is 11.7. The topological polar surface area (TPSA) is 55.7 Å². The van der Waals surface area contributed by atoms with E-state index in [1.807, 2.05) is 54.6 Å². The van der Waals surface area contributed by atoms with E-state index in [0.717, 1.165) is 17.1 Å². The van der Waals surface area contributed by atoms with Gasteiger partial charge in [-0.25, -0.2) is 0 Å². The van der Waals surface area contributed by atoms with E-state index in [1.54, 1.807) is 13.8 Å². The summed E-state index contributed by atoms with van der Waals surface area (Å²) >= 11 is 0. The Morgan fingerprint density at radius 2 is 1.30 bits per heavy atom. The van der Waals surface area contributed by atoms with Crippen molar-refractivity contribution in [2.45, 2.75) is 26.3 Å². The van der Waals surface area contributed by atoms with Gasteiger partial charge in [-0.3, -0.25) is 0 Å². The summed E-state index contributed by atoms with van der Waals surface area (Å²) in [7, 11) is 0. The van der Waals surface area contributed by atoms with E-state index in [0.29, 0.717) is 0 Å². The molecule has 0 spiro atoms. The Hall–Kier alpha value is -2.04. The van der Waals surface area contributed by atoms with Crippen molar-refractivity contribution in [1.29, 1.82) is 0 Å². The van der Waals surface area contributed by atoms with Crippen molar-refractivity contribution in [1.82, 2.24) is 0 Å². The van der Waals surface area contributed by atoms with Crippen LogP contribution in [0, 0.1) is 0 Å². The van der Waals surface area contributed by atoms with Crippen molar-refractivity contribution in [2.75, 3.05) is 10.2 Å². The number of anilines is 3. The smallest absolute Gasteiger partial charge is 0.126 e. The standard InChI is InChI=1S/C16H20N2O2/c1-12(19)18(13(2)20)16-10-8-15(9-11-16)17-14-6-4-3-5-7-14/h3-13,17,19-20H,1-2H3. The molecule has 0 aliphatic carbocycles. The summed E-state index contributed by atoms with van der Waals surface area (Å²) in [5.41, 5.74) is 2.74. The van der Waals surface area contributed by atoms with Gasteiger partial charge in [-0.2, -0.15) is 0 Å². The summed E-state index contributed by atoms with van der Waals surface area (Å²) < 4.78 is 0. The largest absolute Gasteiger partial charge is 0.374 e. The Bertz CT molecular complexity index is 516. The van der Waals surface area contributed by atoms with E-state index >= 15 is 0 Å². The maximum atomic E-state index is 9.69. The molecule has 20 heavy (non-hydrogen) atoms. The van der Waals surface area contributed by atoms with Gasteiger partial charge < -0.3 is 20.4 Å². The van der Waals surface area contributed by atoms with E-state index in [9.17, 15) is 10.2 Å². The van der Waals surface area contributed by atoms with Crippen molar-refractivity contribution >= 4 is 17.1 Å². The first-order chi connectivity index (χ1) is 9.58. The summed E-state index contributed by atoms with van der Waals surface area (Å²) in [6.07, 6.45) is -1.49. The number of hydrogen-bond donors (Lipinski definition) is 3. The maximum Gasteiger partial charge on any atom is 0.126 e. The fourth-order valence-electron chi connectivity index (χ4n) is 2.15. The third-order valence-corrected chi connectivity index (χ3v) is 3.03. The summed E-state index contributed by atoms with van der Waals surface area (Å²) in [6, 6.07) is 17.5. The van der Waals surface area contributed by atoms with Gasteiger partial charge in [0.25, 0.3) is 0 Å². The molecule has 0 radical (unpaired) electrons. The van der Waals surface area contributed by atoms with Gasteiger partial charge in [0.1, 0.15) is 12.5 Å². The summed E-state index contributed by atoms with van der Waals surface area (Å²) in [5.74, 6) is 0. The zero-order valence-corrected chi connectivity index (χ0v) is 11.7. The van der Waals surface area contributed by atoms with Gasteiger partial charge in [-0.1, -0.05) is 18.2 Å². The summed E-state index contributed by atoms with van der Waals surface area (Å²) in [5, 5.41) is 22.7. The second kappa shape index (κ2) is 6.41. The molecule has 0 aliphatic heterocycles. The minimum absolute atomic E-state index is 0.747. The molecule has 3 N–H and O–H groups in total. The molecule has 2 aromatic rings. The quantitative estimate of drug-likeness (QED) is 0.733. The van der Waals surface area contributed by atoms with Crippen LogP contribution in [0.2, 0.25) is 0 Å². The van der Waals surface area contributed by atoms with Crippen LogP contribution in [0.25, 0.3) is 0 Å². The van der Waals surface area contributed by atoms with E-state index in [4.69, 9.17) is 0 Å². The predicted molar refractivity (Wildman–Crippen MR) is 82.0 cm³/mol. The van der Waals surface area contributed by atoms with E-state index < -0.39 is 12.5 Å². The van der Waals surface area contributed by atoms with Gasteiger partial charge in [-0.15, -0.1) is 0 Å². The van der Waals surface area contributed by atoms with Crippen molar-refractivity contribution in [3.8, 4) is 0 Å². The van der Waals surface area contributed by atoms with Crippen molar-refractivity contribution in [3.63, 3.8) is 0 Å². The van der Waals surface area contributed by atoms with Crippen LogP contribution < -0.4 is 10.2 Å². The van der Waals surface area contributed by atoms with Crippen LogP contribution in [-0.2, 0) is 0 Å². The van der Waals surface area contributed by atoms with Crippen molar-refractivity contribution in [2.24, 2.45) is 0 Å². The highest BCUT2D eigenvalue weighted by molar-refractivity contribution is 5.62. The van der Waals surface area contributed by atoms with Gasteiger partial charge in [0.15, 0.2) is 0 Å². The number of hydrogen-bond acceptors (Lipinski definition) is 4. The molecule has 0 aromatic heterocycles. The monoisotopic (exact) mass is 272 g/mol. The third-order valence-electron chi connectivity index (χ3n) is 3.03. The number of para-hydroxylation sites is 1. The lowest BCUT2D eigenvalue weighted by molar-refractivity contribution is 0.105. The number of aliphatic hydroxyl groups excluding tert-OH is 2. The van der Waals surface area contributed by atoms with Crippen molar-refractivity contribution < 1.29 is 10.2 Å². The van der Waals surface area contributed by atoms with Gasteiger partial charge in [0, 0.05) is 17.1 Å². The number of nitrogens with one attached hydrogen (secondary N) is 1. The lowest BCUT2D eigenvalue weighted by atomic mass is 10.2. The van der Waals surface area contributed by atoms with Crippen LogP contribution in [0.4, 0.5) is 17.1 Å². The minimum Gasteiger partial charge on any atom is -0.374 e. The molecule has 2 aromatic carbocycles. The summed E-state index contributed by atoms with van der Waals surface area (Å²) in [4.78, 5) is 1.53. The minimum atomic E-state index is -0.747. The molecule has 106 valence electrons. The molecule has 0 saturated carbocycles. The SMILES string of the molecule is CC(O)N(c1ccc(Nc2ccccc2)cc1)C(C)O. The molecule has 0 bridgehead atoms. The first kappa shape index (κ1) is 14.4. The Morgan fingerprint density at radius 1 is 0.800 bits per heavy atom. The molecule has 0 fully saturated rings. The highest BCUT2D eigenvalue weighted by atomic mass is 16.3. The molecule has 0 amide bonds.